The number of carbonyl (C=O) groups excluding carboxylic acids is 2. The van der Waals surface area contributed by atoms with E-state index < -0.39 is 11.1 Å². The second-order valence-corrected chi connectivity index (χ2v) is 6.01. The van der Waals surface area contributed by atoms with Crippen LogP contribution in [0.25, 0.3) is 0 Å². The van der Waals surface area contributed by atoms with Crippen LogP contribution in [0.15, 0.2) is 0 Å². The standard InChI is InChI=1S/C13H24N2O3/c1-6-15-8-9(7-10(15)16)11(17)14-12(2,3)13(4,5)18/h9,18H,6-8H2,1-5H3,(H,14,17). The highest BCUT2D eigenvalue weighted by Gasteiger charge is 2.40. The molecule has 1 atom stereocenters. The number of nitrogens with zero attached hydrogens (tertiary/aromatic N) is 1. The van der Waals surface area contributed by atoms with Crippen molar-refractivity contribution in [3.63, 3.8) is 0 Å². The molecule has 1 rings (SSSR count). The number of likely N-dealkylation sites (tertiary alicyclic amines) is 1. The van der Waals surface area contributed by atoms with Gasteiger partial charge in [0.25, 0.3) is 0 Å². The Hall–Kier alpha value is -1.10. The van der Waals surface area contributed by atoms with E-state index in [1.165, 1.54) is 0 Å². The Balaban J connectivity index is 2.66. The van der Waals surface area contributed by atoms with Crippen molar-refractivity contribution in [2.75, 3.05) is 13.1 Å². The number of amides is 2. The Morgan fingerprint density at radius 3 is 2.39 bits per heavy atom. The summed E-state index contributed by atoms with van der Waals surface area (Å²) >= 11 is 0. The molecule has 2 N–H and O–H groups in total. The molecule has 5 heteroatoms. The van der Waals surface area contributed by atoms with E-state index in [1.54, 1.807) is 32.6 Å². The summed E-state index contributed by atoms with van der Waals surface area (Å²) in [7, 11) is 0. The summed E-state index contributed by atoms with van der Waals surface area (Å²) in [6.07, 6.45) is 0.265. The largest absolute Gasteiger partial charge is 0.388 e. The summed E-state index contributed by atoms with van der Waals surface area (Å²) in [5.74, 6) is -0.441. The Bertz CT molecular complexity index is 345. The number of hydrogen-bond acceptors (Lipinski definition) is 3. The molecule has 1 aliphatic rings. The molecule has 5 nitrogen and oxygen atoms in total. The van der Waals surface area contributed by atoms with Crippen molar-refractivity contribution < 1.29 is 14.7 Å². The molecule has 0 bridgehead atoms. The predicted octanol–water partition coefficient (Wildman–Crippen LogP) is 0.520. The van der Waals surface area contributed by atoms with Crippen molar-refractivity contribution >= 4 is 11.8 Å². The van der Waals surface area contributed by atoms with Crippen molar-refractivity contribution in [1.29, 1.82) is 0 Å². The highest BCUT2D eigenvalue weighted by Crippen LogP contribution is 2.23. The molecular formula is C13H24N2O3. The van der Waals surface area contributed by atoms with Crippen LogP contribution in [0.2, 0.25) is 0 Å². The van der Waals surface area contributed by atoms with E-state index in [0.717, 1.165) is 0 Å². The summed E-state index contributed by atoms with van der Waals surface area (Å²) in [6.45, 7) is 9.88. The van der Waals surface area contributed by atoms with Gasteiger partial charge < -0.3 is 15.3 Å². The maximum Gasteiger partial charge on any atom is 0.225 e. The van der Waals surface area contributed by atoms with Crippen LogP contribution in [-0.4, -0.2) is 46.1 Å². The van der Waals surface area contributed by atoms with Gasteiger partial charge in [-0.1, -0.05) is 0 Å². The molecule has 1 saturated heterocycles. The van der Waals surface area contributed by atoms with Crippen molar-refractivity contribution in [2.24, 2.45) is 5.92 Å². The summed E-state index contributed by atoms with van der Waals surface area (Å²) in [5.41, 5.74) is -1.75. The predicted molar refractivity (Wildman–Crippen MR) is 68.9 cm³/mol. The average molecular weight is 256 g/mol. The van der Waals surface area contributed by atoms with Gasteiger partial charge in [0, 0.05) is 19.5 Å². The molecule has 0 spiro atoms. The molecule has 18 heavy (non-hydrogen) atoms. The third kappa shape index (κ3) is 3.02. The van der Waals surface area contributed by atoms with Gasteiger partial charge in [-0.15, -0.1) is 0 Å². The van der Waals surface area contributed by atoms with Gasteiger partial charge in [-0.05, 0) is 34.6 Å². The lowest BCUT2D eigenvalue weighted by atomic mass is 9.85. The highest BCUT2D eigenvalue weighted by molar-refractivity contribution is 5.89. The number of nitrogens with one attached hydrogen (secondary N) is 1. The third-order valence-corrected chi connectivity index (χ3v) is 3.93. The highest BCUT2D eigenvalue weighted by atomic mass is 16.3. The molecule has 1 fully saturated rings. The van der Waals surface area contributed by atoms with Crippen molar-refractivity contribution in [3.8, 4) is 0 Å². The lowest BCUT2D eigenvalue weighted by Crippen LogP contribution is -2.59. The summed E-state index contributed by atoms with van der Waals surface area (Å²) in [5, 5.41) is 12.8. The third-order valence-electron chi connectivity index (χ3n) is 3.93. The van der Waals surface area contributed by atoms with Crippen LogP contribution in [-0.2, 0) is 9.59 Å². The van der Waals surface area contributed by atoms with Gasteiger partial charge >= 0.3 is 0 Å². The molecule has 2 amide bonds. The summed E-state index contributed by atoms with van der Waals surface area (Å²) < 4.78 is 0. The minimum atomic E-state index is -1.02. The average Bonchev–Trinajstić information content (AvgIpc) is 2.57. The zero-order chi connectivity index (χ0) is 14.1. The van der Waals surface area contributed by atoms with E-state index in [2.05, 4.69) is 5.32 Å². The Labute approximate surface area is 109 Å². The van der Waals surface area contributed by atoms with Gasteiger partial charge in [-0.25, -0.2) is 0 Å². The van der Waals surface area contributed by atoms with E-state index in [0.29, 0.717) is 13.1 Å². The van der Waals surface area contributed by atoms with Crippen molar-refractivity contribution in [3.05, 3.63) is 0 Å². The molecule has 1 heterocycles. The Morgan fingerprint density at radius 2 is 2.00 bits per heavy atom. The molecule has 0 aromatic heterocycles. The molecule has 104 valence electrons. The smallest absolute Gasteiger partial charge is 0.225 e. The first-order valence-electron chi connectivity index (χ1n) is 6.40. The van der Waals surface area contributed by atoms with Gasteiger partial charge in [0.1, 0.15) is 0 Å². The maximum atomic E-state index is 12.1. The minimum Gasteiger partial charge on any atom is -0.388 e. The van der Waals surface area contributed by atoms with Crippen LogP contribution in [0.3, 0.4) is 0 Å². The first-order valence-corrected chi connectivity index (χ1v) is 6.40. The van der Waals surface area contributed by atoms with Crippen LogP contribution in [0.5, 0.6) is 0 Å². The van der Waals surface area contributed by atoms with E-state index in [-0.39, 0.29) is 24.2 Å². The zero-order valence-corrected chi connectivity index (χ0v) is 11.9. The molecule has 0 aromatic rings. The second kappa shape index (κ2) is 4.88. The zero-order valence-electron chi connectivity index (χ0n) is 11.9. The molecule has 1 aliphatic heterocycles. The molecule has 0 aliphatic carbocycles. The minimum absolute atomic E-state index is 0.0266. The van der Waals surface area contributed by atoms with E-state index in [4.69, 9.17) is 0 Å². The molecule has 0 aromatic carbocycles. The van der Waals surface area contributed by atoms with Crippen LogP contribution < -0.4 is 5.32 Å². The van der Waals surface area contributed by atoms with Gasteiger partial charge in [0.15, 0.2) is 0 Å². The van der Waals surface area contributed by atoms with Gasteiger partial charge in [-0.3, -0.25) is 9.59 Å². The number of carbonyl (C=O) groups is 2. The first kappa shape index (κ1) is 15.0. The quantitative estimate of drug-likeness (QED) is 0.770. The SMILES string of the molecule is CCN1CC(C(=O)NC(C)(C)C(C)(C)O)CC1=O. The summed E-state index contributed by atoms with van der Waals surface area (Å²) in [6, 6.07) is 0. The fourth-order valence-corrected chi connectivity index (χ4v) is 1.82. The van der Waals surface area contributed by atoms with Crippen LogP contribution in [0.1, 0.15) is 41.0 Å². The topological polar surface area (TPSA) is 69.6 Å². The van der Waals surface area contributed by atoms with Crippen LogP contribution in [0.4, 0.5) is 0 Å². The van der Waals surface area contributed by atoms with E-state index >= 15 is 0 Å². The number of hydrogen-bond donors (Lipinski definition) is 2. The first-order chi connectivity index (χ1) is 8.08. The number of rotatable bonds is 4. The van der Waals surface area contributed by atoms with Gasteiger partial charge in [0.2, 0.25) is 11.8 Å². The van der Waals surface area contributed by atoms with Crippen molar-refractivity contribution in [1.82, 2.24) is 10.2 Å². The van der Waals surface area contributed by atoms with E-state index in [1.807, 2.05) is 6.92 Å². The summed E-state index contributed by atoms with van der Waals surface area (Å²) in [4.78, 5) is 25.4. The van der Waals surface area contributed by atoms with Gasteiger partial charge in [-0.2, -0.15) is 0 Å². The second-order valence-electron chi connectivity index (χ2n) is 6.01. The monoisotopic (exact) mass is 256 g/mol. The molecule has 1 unspecified atom stereocenters. The number of aliphatic hydroxyl groups is 1. The fraction of sp³-hybridized carbons (Fsp3) is 0.846. The van der Waals surface area contributed by atoms with Crippen molar-refractivity contribution in [2.45, 2.75) is 52.2 Å². The normalized spacial score (nSPS) is 21.3. The Morgan fingerprint density at radius 1 is 1.44 bits per heavy atom. The fourth-order valence-electron chi connectivity index (χ4n) is 1.82. The molecular weight excluding hydrogens is 232 g/mol. The van der Waals surface area contributed by atoms with Gasteiger partial charge in [0.05, 0.1) is 17.1 Å². The molecule has 0 radical (unpaired) electrons. The lowest BCUT2D eigenvalue weighted by Gasteiger charge is -2.38. The Kier molecular flexibility index (Phi) is 4.05. The van der Waals surface area contributed by atoms with Crippen LogP contribution >= 0.6 is 0 Å². The maximum absolute atomic E-state index is 12.1. The molecule has 0 saturated carbocycles. The lowest BCUT2D eigenvalue weighted by molar-refractivity contribution is -0.131. The van der Waals surface area contributed by atoms with E-state index in [9.17, 15) is 14.7 Å². The van der Waals surface area contributed by atoms with Crippen LogP contribution in [0, 0.1) is 5.92 Å².